The summed E-state index contributed by atoms with van der Waals surface area (Å²) in [7, 11) is 1.69. The fraction of sp³-hybridized carbons (Fsp3) is 0.176. The third-order valence-electron chi connectivity index (χ3n) is 4.04. The predicted octanol–water partition coefficient (Wildman–Crippen LogP) is 1.89. The molecule has 0 aromatic heterocycles. The molecule has 1 amide bonds. The van der Waals surface area contributed by atoms with Gasteiger partial charge in [-0.15, -0.1) is 0 Å². The molecular weight excluding hydrogens is 280 g/mol. The molecule has 0 radical (unpaired) electrons. The Balaban J connectivity index is 1.85. The smallest absolute Gasteiger partial charge is 0.264 e. The van der Waals surface area contributed by atoms with E-state index in [1.165, 1.54) is 4.90 Å². The zero-order valence-corrected chi connectivity index (χ0v) is 12.1. The Bertz CT molecular complexity index is 841. The maximum atomic E-state index is 12.1. The molecule has 2 aliphatic heterocycles. The highest BCUT2D eigenvalue weighted by Gasteiger charge is 2.40. The van der Waals surface area contributed by atoms with Crippen molar-refractivity contribution >= 4 is 28.2 Å². The predicted molar refractivity (Wildman–Crippen MR) is 82.0 cm³/mol. The Morgan fingerprint density at radius 1 is 1.05 bits per heavy atom. The number of carbonyl (C=O) groups is 2. The lowest BCUT2D eigenvalue weighted by Crippen LogP contribution is -2.45. The average Bonchev–Trinajstić information content (AvgIpc) is 2.92. The molecular formula is C17H14N2O3. The lowest BCUT2D eigenvalue weighted by Gasteiger charge is -2.34. The van der Waals surface area contributed by atoms with Crippen molar-refractivity contribution in [2.75, 3.05) is 25.2 Å². The van der Waals surface area contributed by atoms with Crippen LogP contribution in [0, 0.1) is 0 Å². The van der Waals surface area contributed by atoms with Crippen molar-refractivity contribution in [3.05, 3.63) is 53.9 Å². The number of Topliss-reactive ketones (excluding diaryl/α,β-unsaturated/α-hetero) is 1. The van der Waals surface area contributed by atoms with Crippen molar-refractivity contribution < 1.29 is 14.3 Å². The molecule has 0 spiro atoms. The van der Waals surface area contributed by atoms with Crippen LogP contribution in [0.25, 0.3) is 10.8 Å². The third-order valence-corrected chi connectivity index (χ3v) is 4.04. The van der Waals surface area contributed by atoms with Gasteiger partial charge in [0.25, 0.3) is 5.91 Å². The van der Waals surface area contributed by atoms with Crippen LogP contribution in [0.3, 0.4) is 0 Å². The second-order valence-electron chi connectivity index (χ2n) is 5.50. The monoisotopic (exact) mass is 294 g/mol. The number of rotatable bonds is 1. The maximum Gasteiger partial charge on any atom is 0.264 e. The van der Waals surface area contributed by atoms with Crippen molar-refractivity contribution in [2.45, 2.75) is 0 Å². The molecule has 5 heteroatoms. The summed E-state index contributed by atoms with van der Waals surface area (Å²) in [6.45, 7) is 0.303. The van der Waals surface area contributed by atoms with E-state index in [4.69, 9.17) is 4.74 Å². The minimum absolute atomic E-state index is 0.0612. The molecule has 2 aromatic carbocycles. The van der Waals surface area contributed by atoms with Gasteiger partial charge in [0.2, 0.25) is 11.7 Å². The zero-order chi connectivity index (χ0) is 15.3. The summed E-state index contributed by atoms with van der Waals surface area (Å²) >= 11 is 0. The second kappa shape index (κ2) is 4.59. The highest BCUT2D eigenvalue weighted by Crippen LogP contribution is 2.32. The van der Waals surface area contributed by atoms with E-state index in [9.17, 15) is 9.59 Å². The lowest BCUT2D eigenvalue weighted by molar-refractivity contribution is -0.128. The number of hydrogen-bond donors (Lipinski definition) is 0. The summed E-state index contributed by atoms with van der Waals surface area (Å²) in [6, 6.07) is 14.1. The van der Waals surface area contributed by atoms with E-state index < -0.39 is 0 Å². The summed E-state index contributed by atoms with van der Waals surface area (Å²) < 4.78 is 5.48. The quantitative estimate of drug-likeness (QED) is 0.754. The number of carbonyl (C=O) groups excluding carboxylic acids is 2. The molecule has 0 unspecified atom stereocenters. The minimum Gasteiger partial charge on any atom is -0.470 e. The Kier molecular flexibility index (Phi) is 2.69. The van der Waals surface area contributed by atoms with Crippen LogP contribution >= 0.6 is 0 Å². The molecule has 0 N–H and O–H groups in total. The molecule has 2 aliphatic rings. The number of likely N-dealkylation sites (N-methyl/N-ethyl adjacent to an activating group) is 1. The number of nitrogens with zero attached hydrogens (tertiary/aromatic N) is 2. The van der Waals surface area contributed by atoms with E-state index in [0.717, 1.165) is 16.5 Å². The van der Waals surface area contributed by atoms with Crippen LogP contribution in [0.15, 0.2) is 53.9 Å². The molecule has 22 heavy (non-hydrogen) atoms. The van der Waals surface area contributed by atoms with Gasteiger partial charge < -0.3 is 9.64 Å². The number of ketones is 1. The fourth-order valence-electron chi connectivity index (χ4n) is 2.90. The Morgan fingerprint density at radius 3 is 2.64 bits per heavy atom. The van der Waals surface area contributed by atoms with Crippen LogP contribution in [0.1, 0.15) is 0 Å². The van der Waals surface area contributed by atoms with Gasteiger partial charge in [0, 0.05) is 12.7 Å². The molecule has 2 aromatic rings. The molecule has 0 fully saturated rings. The van der Waals surface area contributed by atoms with E-state index >= 15 is 0 Å². The van der Waals surface area contributed by atoms with Gasteiger partial charge in [0.1, 0.15) is 12.2 Å². The maximum absolute atomic E-state index is 12.1. The molecule has 0 atom stereocenters. The SMILES string of the molecule is CN1CN(c2ccc3ccccc3c2)C2=C(C(=O)CO2)C1=O. The Morgan fingerprint density at radius 2 is 1.82 bits per heavy atom. The van der Waals surface area contributed by atoms with E-state index in [-0.39, 0.29) is 23.9 Å². The standard InChI is InChI=1S/C17H14N2O3/c1-18-10-19(17-15(16(18)21)14(20)9-22-17)13-7-6-11-4-2-3-5-12(11)8-13/h2-8H,9-10H2,1H3. The number of fused-ring (bicyclic) bond motifs is 1. The summed E-state index contributed by atoms with van der Waals surface area (Å²) in [6.07, 6.45) is 0. The van der Waals surface area contributed by atoms with Crippen LogP contribution in [0.5, 0.6) is 0 Å². The molecule has 0 bridgehead atoms. The van der Waals surface area contributed by atoms with E-state index in [1.54, 1.807) is 7.05 Å². The minimum atomic E-state index is -0.269. The van der Waals surface area contributed by atoms with Crippen LogP contribution in [0.4, 0.5) is 5.69 Å². The Hall–Kier alpha value is -2.82. The van der Waals surface area contributed by atoms with Crippen molar-refractivity contribution in [1.29, 1.82) is 0 Å². The average molecular weight is 294 g/mol. The summed E-state index contributed by atoms with van der Waals surface area (Å²) in [5.74, 6) is -0.143. The van der Waals surface area contributed by atoms with Crippen LogP contribution in [-0.4, -0.2) is 36.9 Å². The van der Waals surface area contributed by atoms with Gasteiger partial charge >= 0.3 is 0 Å². The number of amides is 1. The fourth-order valence-corrected chi connectivity index (χ4v) is 2.90. The normalized spacial score (nSPS) is 18.0. The molecule has 110 valence electrons. The largest absolute Gasteiger partial charge is 0.470 e. The molecule has 5 nitrogen and oxygen atoms in total. The van der Waals surface area contributed by atoms with Gasteiger partial charge in [-0.25, -0.2) is 0 Å². The first-order valence-corrected chi connectivity index (χ1v) is 7.07. The number of benzene rings is 2. The van der Waals surface area contributed by atoms with Crippen molar-refractivity contribution in [3.8, 4) is 0 Å². The van der Waals surface area contributed by atoms with E-state index in [2.05, 4.69) is 0 Å². The molecule has 0 saturated heterocycles. The second-order valence-corrected chi connectivity index (χ2v) is 5.50. The molecule has 0 aliphatic carbocycles. The summed E-state index contributed by atoms with van der Waals surface area (Å²) in [5, 5.41) is 2.25. The lowest BCUT2D eigenvalue weighted by atomic mass is 10.1. The van der Waals surface area contributed by atoms with Crippen LogP contribution in [0.2, 0.25) is 0 Å². The molecule has 4 rings (SSSR count). The van der Waals surface area contributed by atoms with Crippen molar-refractivity contribution in [1.82, 2.24) is 4.90 Å². The highest BCUT2D eigenvalue weighted by atomic mass is 16.5. The Labute approximate surface area is 127 Å². The van der Waals surface area contributed by atoms with Crippen LogP contribution < -0.4 is 4.90 Å². The third kappa shape index (κ3) is 1.79. The highest BCUT2D eigenvalue weighted by molar-refractivity contribution is 6.22. The first kappa shape index (κ1) is 12.9. The van der Waals surface area contributed by atoms with Gasteiger partial charge in [0.15, 0.2) is 6.61 Å². The van der Waals surface area contributed by atoms with Crippen LogP contribution in [-0.2, 0) is 14.3 Å². The first-order chi connectivity index (χ1) is 10.6. The summed E-state index contributed by atoms with van der Waals surface area (Å²) in [4.78, 5) is 27.4. The van der Waals surface area contributed by atoms with Crippen molar-refractivity contribution in [2.24, 2.45) is 0 Å². The van der Waals surface area contributed by atoms with Gasteiger partial charge in [-0.1, -0.05) is 30.3 Å². The van der Waals surface area contributed by atoms with Crippen molar-refractivity contribution in [3.63, 3.8) is 0 Å². The topological polar surface area (TPSA) is 49.9 Å². The van der Waals surface area contributed by atoms with Gasteiger partial charge in [-0.3, -0.25) is 14.5 Å². The first-order valence-electron chi connectivity index (χ1n) is 7.07. The van der Waals surface area contributed by atoms with Gasteiger partial charge in [-0.2, -0.15) is 0 Å². The number of ether oxygens (including phenoxy) is 1. The van der Waals surface area contributed by atoms with Gasteiger partial charge in [0.05, 0.1) is 0 Å². The number of hydrogen-bond acceptors (Lipinski definition) is 4. The number of anilines is 1. The van der Waals surface area contributed by atoms with E-state index in [1.807, 2.05) is 47.4 Å². The summed E-state index contributed by atoms with van der Waals surface area (Å²) in [5.41, 5.74) is 1.06. The zero-order valence-electron chi connectivity index (χ0n) is 12.1. The van der Waals surface area contributed by atoms with Gasteiger partial charge in [-0.05, 0) is 22.9 Å². The molecule has 2 heterocycles. The molecule has 0 saturated carbocycles. The van der Waals surface area contributed by atoms with E-state index in [0.29, 0.717) is 12.6 Å².